The lowest BCUT2D eigenvalue weighted by Crippen LogP contribution is -2.25. The van der Waals surface area contributed by atoms with Gasteiger partial charge in [0.2, 0.25) is 0 Å². The molecule has 0 aliphatic carbocycles. The number of nitrogens with zero attached hydrogens (tertiary/aromatic N) is 1. The molecular formula is C23H20F3N3. The van der Waals surface area contributed by atoms with E-state index in [1.54, 1.807) is 0 Å². The van der Waals surface area contributed by atoms with Gasteiger partial charge in [-0.1, -0.05) is 72.8 Å². The monoisotopic (exact) mass is 395 g/mol. The molecule has 2 N–H and O–H groups in total. The lowest BCUT2D eigenvalue weighted by atomic mass is 9.95. The molecule has 0 radical (unpaired) electrons. The van der Waals surface area contributed by atoms with E-state index in [-0.39, 0.29) is 18.6 Å². The highest BCUT2D eigenvalue weighted by atomic mass is 19.4. The fourth-order valence-corrected chi connectivity index (χ4v) is 3.44. The van der Waals surface area contributed by atoms with E-state index in [9.17, 15) is 13.2 Å². The lowest BCUT2D eigenvalue weighted by Gasteiger charge is -2.19. The number of guanidine groups is 1. The number of hydrogen-bond acceptors (Lipinski definition) is 1. The molecule has 1 aliphatic rings. The molecule has 29 heavy (non-hydrogen) atoms. The molecule has 3 aromatic carbocycles. The van der Waals surface area contributed by atoms with Crippen molar-refractivity contribution in [2.45, 2.75) is 24.8 Å². The van der Waals surface area contributed by atoms with E-state index in [0.717, 1.165) is 23.3 Å². The minimum atomic E-state index is -4.33. The van der Waals surface area contributed by atoms with Crippen LogP contribution in [0, 0.1) is 0 Å². The van der Waals surface area contributed by atoms with Crippen molar-refractivity contribution in [3.8, 4) is 0 Å². The third kappa shape index (κ3) is 4.42. The molecule has 1 fully saturated rings. The summed E-state index contributed by atoms with van der Waals surface area (Å²) in [5.41, 5.74) is 2.33. The molecule has 0 aromatic heterocycles. The Kier molecular flexibility index (Phi) is 5.25. The number of rotatable bonds is 4. The summed E-state index contributed by atoms with van der Waals surface area (Å²) in [6.45, 7) is 0.288. The van der Waals surface area contributed by atoms with Gasteiger partial charge in [-0.25, -0.2) is 4.99 Å². The highest BCUT2D eigenvalue weighted by Crippen LogP contribution is 2.32. The maximum Gasteiger partial charge on any atom is 0.416 e. The molecule has 0 saturated carbocycles. The van der Waals surface area contributed by atoms with Crippen LogP contribution in [0.2, 0.25) is 0 Å². The van der Waals surface area contributed by atoms with E-state index in [1.807, 2.05) is 36.4 Å². The zero-order valence-electron chi connectivity index (χ0n) is 15.5. The van der Waals surface area contributed by atoms with Crippen molar-refractivity contribution < 1.29 is 13.2 Å². The van der Waals surface area contributed by atoms with Crippen molar-refractivity contribution >= 4 is 5.96 Å². The van der Waals surface area contributed by atoms with Gasteiger partial charge in [-0.05, 0) is 28.8 Å². The number of nitrogens with one attached hydrogen (secondary N) is 2. The Morgan fingerprint density at radius 2 is 1.17 bits per heavy atom. The van der Waals surface area contributed by atoms with Crippen LogP contribution in [-0.2, 0) is 12.7 Å². The van der Waals surface area contributed by atoms with Gasteiger partial charge in [-0.15, -0.1) is 0 Å². The smallest absolute Gasteiger partial charge is 0.347 e. The van der Waals surface area contributed by atoms with Crippen LogP contribution in [0.4, 0.5) is 13.2 Å². The van der Waals surface area contributed by atoms with Gasteiger partial charge in [-0.3, -0.25) is 0 Å². The molecule has 0 spiro atoms. The van der Waals surface area contributed by atoms with E-state index in [2.05, 4.69) is 39.9 Å². The third-order valence-corrected chi connectivity index (χ3v) is 4.94. The maximum absolute atomic E-state index is 12.7. The minimum absolute atomic E-state index is 0.00459. The first-order valence-corrected chi connectivity index (χ1v) is 9.34. The summed E-state index contributed by atoms with van der Waals surface area (Å²) in [4.78, 5) is 4.55. The topological polar surface area (TPSA) is 36.4 Å². The molecule has 2 atom stereocenters. The van der Waals surface area contributed by atoms with E-state index >= 15 is 0 Å². The molecule has 1 heterocycles. The molecule has 3 nitrogen and oxygen atoms in total. The van der Waals surface area contributed by atoms with Crippen LogP contribution in [0.5, 0.6) is 0 Å². The highest BCUT2D eigenvalue weighted by Gasteiger charge is 2.32. The average molecular weight is 395 g/mol. The van der Waals surface area contributed by atoms with E-state index in [1.165, 1.54) is 12.1 Å². The standard InChI is InChI=1S/C23H20F3N3/c24-23(25,26)19-13-11-16(12-14-19)15-27-22-28-20(17-7-3-1-4-8-17)21(29-22)18-9-5-2-6-10-18/h1-14,20-21H,15H2,(H2,27,28,29)/t20-,21?/m1/s1. The van der Waals surface area contributed by atoms with Gasteiger partial charge in [0.1, 0.15) is 0 Å². The third-order valence-electron chi connectivity index (χ3n) is 4.94. The van der Waals surface area contributed by atoms with Crippen LogP contribution >= 0.6 is 0 Å². The fraction of sp³-hybridized carbons (Fsp3) is 0.174. The summed E-state index contributed by atoms with van der Waals surface area (Å²) in [7, 11) is 0. The van der Waals surface area contributed by atoms with Crippen molar-refractivity contribution in [3.05, 3.63) is 107 Å². The Bertz CT molecular complexity index is 918. The first-order chi connectivity index (χ1) is 14.0. The second kappa shape index (κ2) is 7.99. The van der Waals surface area contributed by atoms with Gasteiger partial charge in [-0.2, -0.15) is 13.2 Å². The molecule has 1 unspecified atom stereocenters. The summed E-state index contributed by atoms with van der Waals surface area (Å²) in [6, 6.07) is 25.3. The van der Waals surface area contributed by atoms with Crippen LogP contribution in [-0.4, -0.2) is 5.96 Å². The predicted molar refractivity (Wildman–Crippen MR) is 107 cm³/mol. The van der Waals surface area contributed by atoms with Gasteiger partial charge >= 0.3 is 6.18 Å². The summed E-state index contributed by atoms with van der Waals surface area (Å²) in [5.74, 6) is 0.632. The predicted octanol–water partition coefficient (Wildman–Crippen LogP) is 5.24. The minimum Gasteiger partial charge on any atom is -0.347 e. The number of halogens is 3. The number of alkyl halides is 3. The van der Waals surface area contributed by atoms with Gasteiger partial charge in [0.15, 0.2) is 5.96 Å². The largest absolute Gasteiger partial charge is 0.416 e. The molecule has 3 aromatic rings. The van der Waals surface area contributed by atoms with Crippen molar-refractivity contribution in [2.24, 2.45) is 4.99 Å². The second-order valence-electron chi connectivity index (χ2n) is 6.92. The van der Waals surface area contributed by atoms with E-state index in [0.29, 0.717) is 11.5 Å². The van der Waals surface area contributed by atoms with Crippen LogP contribution in [0.3, 0.4) is 0 Å². The Hall–Kier alpha value is -3.28. The first-order valence-electron chi connectivity index (χ1n) is 9.34. The fourth-order valence-electron chi connectivity index (χ4n) is 3.44. The Morgan fingerprint density at radius 3 is 1.62 bits per heavy atom. The van der Waals surface area contributed by atoms with Crippen molar-refractivity contribution in [1.82, 2.24) is 10.6 Å². The van der Waals surface area contributed by atoms with E-state index < -0.39 is 11.7 Å². The van der Waals surface area contributed by atoms with Crippen LogP contribution in [0.15, 0.2) is 89.9 Å². The molecule has 0 bridgehead atoms. The molecule has 0 amide bonds. The van der Waals surface area contributed by atoms with Crippen molar-refractivity contribution in [2.75, 3.05) is 0 Å². The molecule has 4 rings (SSSR count). The number of benzene rings is 3. The van der Waals surface area contributed by atoms with Crippen molar-refractivity contribution in [3.63, 3.8) is 0 Å². The Morgan fingerprint density at radius 1 is 0.690 bits per heavy atom. The van der Waals surface area contributed by atoms with Gasteiger partial charge in [0, 0.05) is 0 Å². The highest BCUT2D eigenvalue weighted by molar-refractivity contribution is 5.83. The van der Waals surface area contributed by atoms with Crippen LogP contribution in [0.25, 0.3) is 0 Å². The zero-order chi connectivity index (χ0) is 20.3. The summed E-state index contributed by atoms with van der Waals surface area (Å²) in [5, 5.41) is 6.84. The summed E-state index contributed by atoms with van der Waals surface area (Å²) < 4.78 is 38.1. The zero-order valence-corrected chi connectivity index (χ0v) is 15.5. The molecule has 1 saturated heterocycles. The van der Waals surface area contributed by atoms with Crippen LogP contribution < -0.4 is 10.6 Å². The normalized spacial score (nSPS) is 20.3. The van der Waals surface area contributed by atoms with Crippen molar-refractivity contribution in [1.29, 1.82) is 0 Å². The van der Waals surface area contributed by atoms with E-state index in [4.69, 9.17) is 0 Å². The van der Waals surface area contributed by atoms with Gasteiger partial charge < -0.3 is 10.6 Å². The van der Waals surface area contributed by atoms with Gasteiger partial charge in [0.05, 0.1) is 24.2 Å². The summed E-state index contributed by atoms with van der Waals surface area (Å²) >= 11 is 0. The average Bonchev–Trinajstić information content (AvgIpc) is 3.18. The Labute approximate surface area is 167 Å². The molecule has 148 valence electrons. The van der Waals surface area contributed by atoms with Crippen LogP contribution in [0.1, 0.15) is 34.3 Å². The molecular weight excluding hydrogens is 375 g/mol. The Balaban J connectivity index is 1.54. The molecule has 1 aliphatic heterocycles. The SMILES string of the molecule is FC(F)(F)c1ccc(CN=C2NC(c3ccccc3)[C@@H](c3ccccc3)N2)cc1. The van der Waals surface area contributed by atoms with Gasteiger partial charge in [0.25, 0.3) is 0 Å². The second-order valence-corrected chi connectivity index (χ2v) is 6.92. The number of hydrogen-bond donors (Lipinski definition) is 2. The first kappa shape index (κ1) is 19.1. The lowest BCUT2D eigenvalue weighted by molar-refractivity contribution is -0.137. The maximum atomic E-state index is 12.7. The quantitative estimate of drug-likeness (QED) is 0.634. The number of aliphatic imine (C=N–C) groups is 1. The molecule has 6 heteroatoms. The summed E-state index contributed by atoms with van der Waals surface area (Å²) in [6.07, 6.45) is -4.33.